The first-order chi connectivity index (χ1) is 12.0. The van der Waals surface area contributed by atoms with Crippen LogP contribution in [0.15, 0.2) is 33.8 Å². The van der Waals surface area contributed by atoms with Crippen LogP contribution in [0.1, 0.15) is 27.6 Å². The zero-order valence-corrected chi connectivity index (χ0v) is 15.4. The van der Waals surface area contributed by atoms with E-state index < -0.39 is 5.91 Å². The number of benzene rings is 1. The number of methoxy groups -OCH3 is 1. The number of hydrogen-bond donors (Lipinski definition) is 1. The molecule has 0 aliphatic rings. The first-order valence-corrected chi connectivity index (χ1v) is 8.15. The van der Waals surface area contributed by atoms with E-state index in [1.165, 1.54) is 10.7 Å². The molecule has 0 fully saturated rings. The highest BCUT2D eigenvalue weighted by Gasteiger charge is 2.14. The molecule has 3 rings (SSSR count). The summed E-state index contributed by atoms with van der Waals surface area (Å²) in [7, 11) is 1.57. The largest absolute Gasteiger partial charge is 0.496 e. The van der Waals surface area contributed by atoms with Gasteiger partial charge in [-0.05, 0) is 38.1 Å². The molecule has 2 aromatic heterocycles. The molecule has 128 valence electrons. The zero-order valence-electron chi connectivity index (χ0n) is 13.8. The highest BCUT2D eigenvalue weighted by molar-refractivity contribution is 9.10. The summed E-state index contributed by atoms with van der Waals surface area (Å²) in [5.41, 5.74) is 4.78. The van der Waals surface area contributed by atoms with Gasteiger partial charge >= 0.3 is 5.91 Å². The van der Waals surface area contributed by atoms with Crippen molar-refractivity contribution < 1.29 is 9.53 Å². The van der Waals surface area contributed by atoms with Crippen LogP contribution in [0.5, 0.6) is 5.75 Å². The Hall–Kier alpha value is -2.81. The van der Waals surface area contributed by atoms with Crippen molar-refractivity contribution in [3.05, 3.63) is 51.5 Å². The van der Waals surface area contributed by atoms with Crippen LogP contribution in [0.25, 0.3) is 5.78 Å². The second-order valence-electron chi connectivity index (χ2n) is 5.27. The molecule has 0 saturated heterocycles. The van der Waals surface area contributed by atoms with E-state index in [4.69, 9.17) is 4.74 Å². The summed E-state index contributed by atoms with van der Waals surface area (Å²) < 4.78 is 7.64. The van der Waals surface area contributed by atoms with E-state index in [9.17, 15) is 4.79 Å². The molecule has 8 nitrogen and oxygen atoms in total. The van der Waals surface area contributed by atoms with E-state index in [0.717, 1.165) is 15.9 Å². The average molecular weight is 403 g/mol. The van der Waals surface area contributed by atoms with E-state index >= 15 is 0 Å². The number of hydrogen-bond acceptors (Lipinski definition) is 6. The second-order valence-corrected chi connectivity index (χ2v) is 6.19. The third-order valence-electron chi connectivity index (χ3n) is 3.38. The van der Waals surface area contributed by atoms with Gasteiger partial charge in [0.25, 0.3) is 5.78 Å². The van der Waals surface area contributed by atoms with Gasteiger partial charge in [0.15, 0.2) is 0 Å². The number of amides is 1. The third-order valence-corrected chi connectivity index (χ3v) is 3.88. The minimum absolute atomic E-state index is 0.000410. The fourth-order valence-electron chi connectivity index (χ4n) is 2.28. The number of nitrogens with zero attached hydrogens (tertiary/aromatic N) is 5. The van der Waals surface area contributed by atoms with Gasteiger partial charge in [0.2, 0.25) is 5.82 Å². The van der Waals surface area contributed by atoms with Gasteiger partial charge in [0.05, 0.1) is 13.3 Å². The molecule has 1 amide bonds. The number of aryl methyl sites for hydroxylation is 2. The van der Waals surface area contributed by atoms with Crippen LogP contribution in [-0.4, -0.2) is 38.8 Å². The Morgan fingerprint density at radius 1 is 1.32 bits per heavy atom. The summed E-state index contributed by atoms with van der Waals surface area (Å²) in [6.07, 6.45) is 1.49. The molecule has 3 aromatic rings. The van der Waals surface area contributed by atoms with Gasteiger partial charge in [-0.15, -0.1) is 5.10 Å². The Labute approximate surface area is 152 Å². The van der Waals surface area contributed by atoms with E-state index in [0.29, 0.717) is 17.1 Å². The van der Waals surface area contributed by atoms with Gasteiger partial charge in [-0.25, -0.2) is 14.9 Å². The Morgan fingerprint density at radius 2 is 2.12 bits per heavy atom. The quantitative estimate of drug-likeness (QED) is 0.533. The first kappa shape index (κ1) is 17.0. The maximum absolute atomic E-state index is 12.2. The van der Waals surface area contributed by atoms with Crippen LogP contribution < -0.4 is 10.2 Å². The van der Waals surface area contributed by atoms with Gasteiger partial charge in [-0.2, -0.15) is 10.1 Å². The normalized spacial score (nSPS) is 11.2. The molecule has 0 aliphatic carbocycles. The molecule has 0 saturated carbocycles. The lowest BCUT2D eigenvalue weighted by Gasteiger charge is -2.04. The van der Waals surface area contributed by atoms with Crippen LogP contribution in [0.3, 0.4) is 0 Å². The van der Waals surface area contributed by atoms with Crippen molar-refractivity contribution in [2.75, 3.05) is 7.11 Å². The number of carbonyl (C=O) groups excluding carboxylic acids is 1. The van der Waals surface area contributed by atoms with Gasteiger partial charge in [0.1, 0.15) is 5.75 Å². The summed E-state index contributed by atoms with van der Waals surface area (Å²) in [5, 5.41) is 8.09. The highest BCUT2D eigenvalue weighted by atomic mass is 79.9. The second kappa shape index (κ2) is 6.98. The average Bonchev–Trinajstić information content (AvgIpc) is 2.99. The molecule has 1 aromatic carbocycles. The molecule has 1 N–H and O–H groups in total. The smallest absolute Gasteiger partial charge is 0.311 e. The van der Waals surface area contributed by atoms with Crippen molar-refractivity contribution in [1.29, 1.82) is 0 Å². The number of rotatable bonds is 4. The summed E-state index contributed by atoms with van der Waals surface area (Å²) in [6.45, 7) is 3.73. The fraction of sp³-hybridized carbons (Fsp3) is 0.188. The molecule has 25 heavy (non-hydrogen) atoms. The van der Waals surface area contributed by atoms with Crippen LogP contribution >= 0.6 is 15.9 Å². The molecule has 0 unspecified atom stereocenters. The van der Waals surface area contributed by atoms with E-state index in [1.54, 1.807) is 13.2 Å². The topological polar surface area (TPSA) is 93.8 Å². The molecule has 0 atom stereocenters. The number of fused-ring (bicyclic) bond motifs is 1. The van der Waals surface area contributed by atoms with Crippen molar-refractivity contribution >= 4 is 33.8 Å². The Morgan fingerprint density at radius 3 is 2.88 bits per heavy atom. The summed E-state index contributed by atoms with van der Waals surface area (Å²) in [6, 6.07) is 7.34. The Kier molecular flexibility index (Phi) is 4.75. The Bertz CT molecular complexity index is 982. The number of ether oxygens (including phenoxy) is 1. The van der Waals surface area contributed by atoms with E-state index in [2.05, 4.69) is 41.5 Å². The minimum atomic E-state index is -0.521. The number of carbonyl (C=O) groups is 1. The van der Waals surface area contributed by atoms with E-state index in [-0.39, 0.29) is 5.82 Å². The molecule has 9 heteroatoms. The monoisotopic (exact) mass is 402 g/mol. The first-order valence-electron chi connectivity index (χ1n) is 7.36. The third kappa shape index (κ3) is 3.66. The number of nitrogens with one attached hydrogen (secondary N) is 1. The predicted octanol–water partition coefficient (Wildman–Crippen LogP) is 2.28. The van der Waals surface area contributed by atoms with Crippen molar-refractivity contribution in [2.45, 2.75) is 13.8 Å². The highest BCUT2D eigenvalue weighted by Crippen LogP contribution is 2.21. The van der Waals surface area contributed by atoms with Crippen LogP contribution in [-0.2, 0) is 0 Å². The van der Waals surface area contributed by atoms with Gasteiger partial charge < -0.3 is 4.74 Å². The maximum atomic E-state index is 12.2. The standard InChI is InChI=1S/C16H15BrN6O2/c1-9-6-10(2)23-16(19-9)20-14(22-23)15(24)21-18-8-11-7-12(17)4-5-13(11)25-3/h4-8H,1-3H3,(H,21,24)/b18-8+. The molecule has 0 bridgehead atoms. The van der Waals surface area contributed by atoms with Crippen LogP contribution in [0, 0.1) is 13.8 Å². The van der Waals surface area contributed by atoms with Gasteiger partial charge in [0, 0.05) is 21.4 Å². The van der Waals surface area contributed by atoms with Crippen molar-refractivity contribution in [2.24, 2.45) is 5.10 Å². The lowest BCUT2D eigenvalue weighted by atomic mass is 10.2. The number of hydrazone groups is 1. The predicted molar refractivity (Wildman–Crippen MR) is 96.0 cm³/mol. The SMILES string of the molecule is COc1ccc(Br)cc1/C=N/NC(=O)c1nc2nc(C)cc(C)n2n1. The van der Waals surface area contributed by atoms with Crippen LogP contribution in [0.2, 0.25) is 0 Å². The fourth-order valence-corrected chi connectivity index (χ4v) is 2.66. The van der Waals surface area contributed by atoms with Crippen molar-refractivity contribution in [1.82, 2.24) is 25.0 Å². The van der Waals surface area contributed by atoms with E-state index in [1.807, 2.05) is 32.0 Å². The number of aromatic nitrogens is 4. The van der Waals surface area contributed by atoms with Crippen molar-refractivity contribution in [3.8, 4) is 5.75 Å². The van der Waals surface area contributed by atoms with Gasteiger partial charge in [-0.3, -0.25) is 4.79 Å². The molecular weight excluding hydrogens is 388 g/mol. The number of halogens is 1. The maximum Gasteiger partial charge on any atom is 0.311 e. The lowest BCUT2D eigenvalue weighted by molar-refractivity contribution is 0.0945. The molecule has 2 heterocycles. The van der Waals surface area contributed by atoms with Crippen LogP contribution in [0.4, 0.5) is 0 Å². The summed E-state index contributed by atoms with van der Waals surface area (Å²) >= 11 is 3.38. The molecule has 0 spiro atoms. The zero-order chi connectivity index (χ0) is 18.0. The lowest BCUT2D eigenvalue weighted by Crippen LogP contribution is -2.19. The molecule has 0 aliphatic heterocycles. The van der Waals surface area contributed by atoms with Gasteiger partial charge in [-0.1, -0.05) is 15.9 Å². The Balaban J connectivity index is 1.79. The van der Waals surface area contributed by atoms with Crippen molar-refractivity contribution in [3.63, 3.8) is 0 Å². The summed E-state index contributed by atoms with van der Waals surface area (Å²) in [5.74, 6) is 0.495. The molecular formula is C16H15BrN6O2. The minimum Gasteiger partial charge on any atom is -0.496 e. The molecule has 0 radical (unpaired) electrons. The summed E-state index contributed by atoms with van der Waals surface area (Å²) in [4.78, 5) is 20.6.